The quantitative estimate of drug-likeness (QED) is 0.0598. The second kappa shape index (κ2) is 21.1. The summed E-state index contributed by atoms with van der Waals surface area (Å²) in [7, 11) is 0. The van der Waals surface area contributed by atoms with Gasteiger partial charge in [-0.25, -0.2) is 9.97 Å². The molecular formula is C59H70Br2N2. The molecule has 0 N–H and O–H groups in total. The fourth-order valence-electron chi connectivity index (χ4n) is 11.4. The molecule has 0 fully saturated rings. The van der Waals surface area contributed by atoms with Gasteiger partial charge in [0.05, 0.1) is 11.4 Å². The second-order valence-corrected chi connectivity index (χ2v) is 20.9. The predicted molar refractivity (Wildman–Crippen MR) is 278 cm³/mol. The molecule has 0 aliphatic heterocycles. The number of rotatable bonds is 23. The summed E-state index contributed by atoms with van der Waals surface area (Å²) >= 11 is 7.79. The monoisotopic (exact) mass is 964 g/mol. The molecule has 0 radical (unpaired) electrons. The zero-order valence-corrected chi connectivity index (χ0v) is 41.9. The Morgan fingerprint density at radius 2 is 0.794 bits per heavy atom. The van der Waals surface area contributed by atoms with Gasteiger partial charge in [0, 0.05) is 30.9 Å². The summed E-state index contributed by atoms with van der Waals surface area (Å²) in [5.41, 5.74) is 17.4. The lowest BCUT2D eigenvalue weighted by Gasteiger charge is -2.33. The van der Waals surface area contributed by atoms with Crippen LogP contribution in [0.3, 0.4) is 0 Å². The first kappa shape index (κ1) is 45.9. The van der Waals surface area contributed by atoms with E-state index in [-0.39, 0.29) is 10.8 Å². The van der Waals surface area contributed by atoms with Crippen molar-refractivity contribution in [2.45, 2.75) is 173 Å². The lowest BCUT2D eigenvalue weighted by Crippen LogP contribution is -2.25. The van der Waals surface area contributed by atoms with Crippen molar-refractivity contribution < 1.29 is 0 Å². The van der Waals surface area contributed by atoms with Crippen molar-refractivity contribution in [1.29, 1.82) is 0 Å². The molecule has 1 atom stereocenters. The van der Waals surface area contributed by atoms with Crippen molar-refractivity contribution in [3.8, 4) is 44.8 Å². The molecule has 2 nitrogen and oxygen atoms in total. The van der Waals surface area contributed by atoms with Gasteiger partial charge < -0.3 is 0 Å². The van der Waals surface area contributed by atoms with Crippen molar-refractivity contribution in [2.75, 3.05) is 0 Å². The Labute approximate surface area is 396 Å². The highest BCUT2D eigenvalue weighted by Gasteiger charge is 2.43. The van der Waals surface area contributed by atoms with Crippen LogP contribution >= 0.6 is 31.9 Å². The summed E-state index contributed by atoms with van der Waals surface area (Å²) in [5, 5.41) is 0. The van der Waals surface area contributed by atoms with Crippen LogP contribution in [0.5, 0.6) is 0 Å². The smallest absolute Gasteiger partial charge is 0.105 e. The third-order valence-corrected chi connectivity index (χ3v) is 16.2. The van der Waals surface area contributed by atoms with E-state index >= 15 is 0 Å². The molecule has 5 aromatic carbocycles. The van der Waals surface area contributed by atoms with Gasteiger partial charge in [0.15, 0.2) is 0 Å². The topological polar surface area (TPSA) is 25.8 Å². The molecule has 63 heavy (non-hydrogen) atoms. The van der Waals surface area contributed by atoms with Crippen LogP contribution in [0.4, 0.5) is 0 Å². The van der Waals surface area contributed by atoms with Gasteiger partial charge in [-0.2, -0.15) is 0 Å². The van der Waals surface area contributed by atoms with Gasteiger partial charge in [0.25, 0.3) is 0 Å². The van der Waals surface area contributed by atoms with Crippen LogP contribution < -0.4 is 0 Å². The number of fused-ring (bicyclic) bond motifs is 7. The number of unbranched alkanes of at least 4 members (excludes halogenated alkanes) is 15. The Balaban J connectivity index is 1.24. The second-order valence-electron chi connectivity index (χ2n) is 19.2. The van der Waals surface area contributed by atoms with Crippen LogP contribution in [0.25, 0.3) is 55.8 Å². The summed E-state index contributed by atoms with van der Waals surface area (Å²) in [6.07, 6.45) is 27.1. The van der Waals surface area contributed by atoms with Crippen molar-refractivity contribution in [3.05, 3.63) is 128 Å². The SMILES string of the molecule is CCCCCCCCC1(C)c2ccccc2-c2ccc(-c3nc4c(Br)ccc(Br)c4nc3-c3ccc4c(c3)C(CCCCCCCC)(CCCCCCCC)c3ccccc3-4)cc21. The maximum atomic E-state index is 5.63. The summed E-state index contributed by atoms with van der Waals surface area (Å²) in [5.74, 6) is 0. The lowest BCUT2D eigenvalue weighted by molar-refractivity contribution is 0.398. The molecule has 1 heterocycles. The van der Waals surface area contributed by atoms with Crippen molar-refractivity contribution >= 4 is 42.9 Å². The Morgan fingerprint density at radius 3 is 1.32 bits per heavy atom. The van der Waals surface area contributed by atoms with E-state index in [1.54, 1.807) is 5.56 Å². The number of aromatic nitrogens is 2. The number of nitrogens with zero attached hydrogens (tertiary/aromatic N) is 2. The highest BCUT2D eigenvalue weighted by molar-refractivity contribution is 9.11. The van der Waals surface area contributed by atoms with Gasteiger partial charge in [0.1, 0.15) is 11.0 Å². The van der Waals surface area contributed by atoms with Gasteiger partial charge in [-0.05, 0) is 120 Å². The molecule has 1 aromatic heterocycles. The van der Waals surface area contributed by atoms with E-state index in [0.717, 1.165) is 48.9 Å². The van der Waals surface area contributed by atoms with E-state index in [9.17, 15) is 0 Å². The standard InChI is InChI=1S/C59H70Br2N2/c1-5-8-11-14-17-24-37-58(4)48-29-22-20-27-44(48)46-33-31-42(40-50(46)58)54-55(63-57-53(61)36-35-52(60)56(57)62-54)43-32-34-47-45-28-21-23-30-49(45)59(51(47)41-43,38-25-18-15-12-9-6-2)39-26-19-16-13-10-7-3/h20-23,27-36,40-41H,5-19,24-26,37-39H2,1-4H3. The predicted octanol–water partition coefficient (Wildman–Crippen LogP) is 19.3. The fourth-order valence-corrected chi connectivity index (χ4v) is 12.2. The molecule has 2 aliphatic rings. The van der Waals surface area contributed by atoms with E-state index in [1.807, 2.05) is 0 Å². The number of hydrogen-bond acceptors (Lipinski definition) is 2. The minimum Gasteiger partial charge on any atom is -0.243 e. The van der Waals surface area contributed by atoms with E-state index in [0.29, 0.717) is 0 Å². The molecule has 2 aliphatic carbocycles. The van der Waals surface area contributed by atoms with Gasteiger partial charge in [-0.3, -0.25) is 0 Å². The minimum atomic E-state index is -0.0627. The molecule has 330 valence electrons. The van der Waals surface area contributed by atoms with E-state index in [4.69, 9.17) is 9.97 Å². The summed E-state index contributed by atoms with van der Waals surface area (Å²) in [4.78, 5) is 11.2. The van der Waals surface area contributed by atoms with Crippen molar-refractivity contribution in [1.82, 2.24) is 9.97 Å². The van der Waals surface area contributed by atoms with Crippen LogP contribution in [-0.2, 0) is 10.8 Å². The largest absolute Gasteiger partial charge is 0.243 e. The van der Waals surface area contributed by atoms with Crippen LogP contribution in [0.2, 0.25) is 0 Å². The molecule has 0 saturated heterocycles. The average molecular weight is 967 g/mol. The Hall–Kier alpha value is -3.60. The van der Waals surface area contributed by atoms with Crippen LogP contribution in [0, 0.1) is 0 Å². The van der Waals surface area contributed by atoms with Crippen molar-refractivity contribution in [2.24, 2.45) is 0 Å². The third kappa shape index (κ3) is 9.42. The maximum Gasteiger partial charge on any atom is 0.105 e. The molecule has 4 heteroatoms. The first-order chi connectivity index (χ1) is 30.8. The molecule has 0 amide bonds. The van der Waals surface area contributed by atoms with E-state index < -0.39 is 0 Å². The number of benzene rings is 5. The molecule has 6 aromatic rings. The van der Waals surface area contributed by atoms with Gasteiger partial charge in [-0.1, -0.05) is 216 Å². The molecule has 0 spiro atoms. The molecule has 8 rings (SSSR count). The highest BCUT2D eigenvalue weighted by atomic mass is 79.9. The highest BCUT2D eigenvalue weighted by Crippen LogP contribution is 2.56. The van der Waals surface area contributed by atoms with E-state index in [1.165, 1.54) is 167 Å². The lowest BCUT2D eigenvalue weighted by atomic mass is 9.70. The summed E-state index contributed by atoms with van der Waals surface area (Å²) in [6, 6.07) is 37.3. The normalized spacial score (nSPS) is 15.7. The summed E-state index contributed by atoms with van der Waals surface area (Å²) in [6.45, 7) is 9.44. The fraction of sp³-hybridized carbons (Fsp3) is 0.458. The zero-order chi connectivity index (χ0) is 43.8. The van der Waals surface area contributed by atoms with Gasteiger partial charge in [0.2, 0.25) is 0 Å². The molecular weight excluding hydrogens is 896 g/mol. The van der Waals surface area contributed by atoms with Crippen LogP contribution in [0.15, 0.2) is 106 Å². The minimum absolute atomic E-state index is 0.0107. The van der Waals surface area contributed by atoms with Crippen molar-refractivity contribution in [3.63, 3.8) is 0 Å². The van der Waals surface area contributed by atoms with E-state index in [2.05, 4.69) is 157 Å². The zero-order valence-electron chi connectivity index (χ0n) is 38.7. The average Bonchev–Trinajstić information content (AvgIpc) is 3.73. The molecule has 0 bridgehead atoms. The van der Waals surface area contributed by atoms with Crippen LogP contribution in [0.1, 0.15) is 185 Å². The number of halogens is 2. The molecule has 1 unspecified atom stereocenters. The Morgan fingerprint density at radius 1 is 0.397 bits per heavy atom. The van der Waals surface area contributed by atoms with Gasteiger partial charge in [-0.15, -0.1) is 0 Å². The summed E-state index contributed by atoms with van der Waals surface area (Å²) < 4.78 is 1.93. The molecule has 0 saturated carbocycles. The number of hydrogen-bond donors (Lipinski definition) is 0. The first-order valence-corrected chi connectivity index (χ1v) is 26.6. The Bertz CT molecular complexity index is 2480. The van der Waals surface area contributed by atoms with Crippen LogP contribution in [-0.4, -0.2) is 9.97 Å². The maximum absolute atomic E-state index is 5.63. The van der Waals surface area contributed by atoms with Gasteiger partial charge >= 0.3 is 0 Å². The third-order valence-electron chi connectivity index (χ3n) is 14.9. The Kier molecular flexibility index (Phi) is 15.4. The first-order valence-electron chi connectivity index (χ1n) is 25.0.